The van der Waals surface area contributed by atoms with Gasteiger partial charge < -0.3 is 15.6 Å². The van der Waals surface area contributed by atoms with Gasteiger partial charge in [-0.1, -0.05) is 11.6 Å². The Hall–Kier alpha value is -2.62. The molecule has 11 heteroatoms. The summed E-state index contributed by atoms with van der Waals surface area (Å²) in [6, 6.07) is 1.28. The molecule has 0 atom stereocenters. The number of hydrogen-bond donors (Lipinski definition) is 2. The molecule has 5 nitrogen and oxygen atoms in total. The molecule has 0 spiro atoms. The van der Waals surface area contributed by atoms with E-state index in [1.165, 1.54) is 0 Å². The third-order valence-electron chi connectivity index (χ3n) is 2.83. The topological polar surface area (TPSA) is 85.4 Å². The number of nitrogens with two attached hydrogens (primary N) is 1. The van der Waals surface area contributed by atoms with Crippen LogP contribution in [-0.2, 0) is 0 Å². The maximum atomic E-state index is 14.1. The Labute approximate surface area is 135 Å². The number of carboxylic acid groups (broad SMARTS) is 1. The molecule has 0 bridgehead atoms. The SMILES string of the molecule is Nc1c(F)c(-c2ccc(OC(F)F)c(F)c2F)nc(C(=O)O)c1Cl. The van der Waals surface area contributed by atoms with E-state index in [4.69, 9.17) is 22.4 Å². The van der Waals surface area contributed by atoms with Crippen molar-refractivity contribution in [2.24, 2.45) is 0 Å². The normalized spacial score (nSPS) is 11.0. The van der Waals surface area contributed by atoms with Crippen LogP contribution < -0.4 is 10.5 Å². The number of nitrogen functional groups attached to an aromatic ring is 1. The van der Waals surface area contributed by atoms with Gasteiger partial charge in [0.25, 0.3) is 0 Å². The Bertz CT molecular complexity index is 832. The zero-order valence-electron chi connectivity index (χ0n) is 11.3. The van der Waals surface area contributed by atoms with Crippen LogP contribution in [0, 0.1) is 17.5 Å². The van der Waals surface area contributed by atoms with Gasteiger partial charge in [0, 0.05) is 5.56 Å². The lowest BCUT2D eigenvalue weighted by molar-refractivity contribution is -0.0525. The van der Waals surface area contributed by atoms with Gasteiger partial charge in [0.1, 0.15) is 5.69 Å². The Morgan fingerprint density at radius 3 is 2.38 bits per heavy atom. The van der Waals surface area contributed by atoms with Crippen LogP contribution in [0.3, 0.4) is 0 Å². The van der Waals surface area contributed by atoms with Crippen molar-refractivity contribution in [3.05, 3.63) is 40.3 Å². The summed E-state index contributed by atoms with van der Waals surface area (Å²) in [6.45, 7) is -3.41. The second-order valence-corrected chi connectivity index (χ2v) is 4.65. The number of anilines is 1. The van der Waals surface area contributed by atoms with E-state index >= 15 is 0 Å². The van der Waals surface area contributed by atoms with Crippen molar-refractivity contribution in [2.75, 3.05) is 5.73 Å². The Morgan fingerprint density at radius 2 is 1.83 bits per heavy atom. The highest BCUT2D eigenvalue weighted by atomic mass is 35.5. The minimum atomic E-state index is -3.41. The van der Waals surface area contributed by atoms with Gasteiger partial charge in [-0.3, -0.25) is 0 Å². The van der Waals surface area contributed by atoms with Crippen molar-refractivity contribution in [1.82, 2.24) is 4.98 Å². The third kappa shape index (κ3) is 3.04. The van der Waals surface area contributed by atoms with Crippen LogP contribution in [-0.4, -0.2) is 22.7 Å². The largest absolute Gasteiger partial charge is 0.476 e. The van der Waals surface area contributed by atoms with Crippen LogP contribution in [0.4, 0.5) is 27.6 Å². The van der Waals surface area contributed by atoms with Crippen LogP contribution in [0.15, 0.2) is 12.1 Å². The molecule has 2 aromatic rings. The molecule has 0 saturated carbocycles. The summed E-state index contributed by atoms with van der Waals surface area (Å²) >= 11 is 5.53. The number of aromatic nitrogens is 1. The first-order valence-corrected chi connectivity index (χ1v) is 6.33. The van der Waals surface area contributed by atoms with E-state index in [9.17, 15) is 26.7 Å². The highest BCUT2D eigenvalue weighted by Crippen LogP contribution is 2.35. The molecule has 0 fully saturated rings. The number of halogens is 6. The molecule has 0 amide bonds. The highest BCUT2D eigenvalue weighted by molar-refractivity contribution is 6.35. The zero-order chi connectivity index (χ0) is 18.2. The molecule has 0 aliphatic rings. The number of hydrogen-bond acceptors (Lipinski definition) is 4. The summed E-state index contributed by atoms with van der Waals surface area (Å²) in [5.74, 6) is -7.82. The molecule has 3 N–H and O–H groups in total. The number of benzene rings is 1. The monoisotopic (exact) mass is 368 g/mol. The van der Waals surface area contributed by atoms with Crippen molar-refractivity contribution in [3.8, 4) is 17.0 Å². The van der Waals surface area contributed by atoms with Gasteiger partial charge in [-0.25, -0.2) is 18.6 Å². The predicted octanol–water partition coefficient (Wildman–Crippen LogP) is 3.70. The molecule has 128 valence electrons. The number of ether oxygens (including phenoxy) is 1. The minimum absolute atomic E-state index is 0.603. The van der Waals surface area contributed by atoms with E-state index in [0.29, 0.717) is 12.1 Å². The molecule has 1 heterocycles. The van der Waals surface area contributed by atoms with Crippen LogP contribution in [0.2, 0.25) is 5.02 Å². The van der Waals surface area contributed by atoms with E-state index in [0.717, 1.165) is 0 Å². The highest BCUT2D eigenvalue weighted by Gasteiger charge is 2.26. The summed E-state index contributed by atoms with van der Waals surface area (Å²) in [7, 11) is 0. The van der Waals surface area contributed by atoms with Gasteiger partial charge in [0.15, 0.2) is 23.1 Å². The average molecular weight is 369 g/mol. The van der Waals surface area contributed by atoms with Crippen LogP contribution >= 0.6 is 11.6 Å². The van der Waals surface area contributed by atoms with Crippen LogP contribution in [0.1, 0.15) is 10.5 Å². The van der Waals surface area contributed by atoms with Gasteiger partial charge >= 0.3 is 12.6 Å². The van der Waals surface area contributed by atoms with E-state index in [1.807, 2.05) is 0 Å². The fraction of sp³-hybridized carbons (Fsp3) is 0.0769. The third-order valence-corrected chi connectivity index (χ3v) is 3.22. The van der Waals surface area contributed by atoms with E-state index in [1.54, 1.807) is 0 Å². The quantitative estimate of drug-likeness (QED) is 0.804. The fourth-order valence-electron chi connectivity index (χ4n) is 1.78. The molecule has 1 aromatic heterocycles. The minimum Gasteiger partial charge on any atom is -0.476 e. The number of aromatic carboxylic acids is 1. The van der Waals surface area contributed by atoms with Gasteiger partial charge in [0.2, 0.25) is 5.82 Å². The second kappa shape index (κ2) is 6.48. The summed E-state index contributed by atoms with van der Waals surface area (Å²) in [6.07, 6.45) is 0. The second-order valence-electron chi connectivity index (χ2n) is 4.27. The van der Waals surface area contributed by atoms with Gasteiger partial charge in [-0.2, -0.15) is 13.2 Å². The molecule has 0 radical (unpaired) electrons. The molecule has 0 unspecified atom stereocenters. The lowest BCUT2D eigenvalue weighted by Crippen LogP contribution is -2.10. The molecule has 2 rings (SSSR count). The Kier molecular flexibility index (Phi) is 4.78. The number of carbonyl (C=O) groups is 1. The van der Waals surface area contributed by atoms with E-state index < -0.39 is 63.4 Å². The van der Waals surface area contributed by atoms with Crippen molar-refractivity contribution < 1.29 is 36.6 Å². The molecule has 1 aromatic carbocycles. The standard InChI is InChI=1S/C13H6ClF5N2O3/c14-5-9(20)8(17)10(21-11(5)12(22)23)3-1-2-4(24-13(18)19)7(16)6(3)15/h1-2,13H,(H2,20,21)(H,22,23). The van der Waals surface area contributed by atoms with Crippen molar-refractivity contribution in [1.29, 1.82) is 0 Å². The molecule has 0 aliphatic carbocycles. The van der Waals surface area contributed by atoms with Crippen LogP contribution in [0.5, 0.6) is 5.75 Å². The average Bonchev–Trinajstić information content (AvgIpc) is 2.50. The van der Waals surface area contributed by atoms with Crippen molar-refractivity contribution in [3.63, 3.8) is 0 Å². The summed E-state index contributed by atoms with van der Waals surface area (Å²) in [4.78, 5) is 14.3. The summed E-state index contributed by atoms with van der Waals surface area (Å²) < 4.78 is 69.8. The van der Waals surface area contributed by atoms with Gasteiger partial charge in [-0.15, -0.1) is 0 Å². The van der Waals surface area contributed by atoms with Crippen molar-refractivity contribution >= 4 is 23.3 Å². The summed E-state index contributed by atoms with van der Waals surface area (Å²) in [5.41, 5.74) is 1.76. The molecular formula is C13H6ClF5N2O3. The lowest BCUT2D eigenvalue weighted by Gasteiger charge is -2.12. The van der Waals surface area contributed by atoms with Crippen molar-refractivity contribution in [2.45, 2.75) is 6.61 Å². The van der Waals surface area contributed by atoms with Gasteiger partial charge in [-0.05, 0) is 12.1 Å². The fourth-order valence-corrected chi connectivity index (χ4v) is 1.99. The van der Waals surface area contributed by atoms with Gasteiger partial charge in [0.05, 0.1) is 10.7 Å². The number of carboxylic acids is 1. The smallest absolute Gasteiger partial charge is 0.387 e. The molecule has 0 aliphatic heterocycles. The first kappa shape index (κ1) is 17.7. The number of alkyl halides is 2. The Morgan fingerprint density at radius 1 is 1.21 bits per heavy atom. The van der Waals surface area contributed by atoms with E-state index in [2.05, 4.69) is 9.72 Å². The summed E-state index contributed by atoms with van der Waals surface area (Å²) in [5, 5.41) is 8.20. The number of nitrogens with zero attached hydrogens (tertiary/aromatic N) is 1. The number of rotatable bonds is 4. The number of pyridine rings is 1. The predicted molar refractivity (Wildman–Crippen MR) is 72.6 cm³/mol. The zero-order valence-corrected chi connectivity index (χ0v) is 12.0. The lowest BCUT2D eigenvalue weighted by atomic mass is 10.1. The first-order valence-electron chi connectivity index (χ1n) is 5.96. The Balaban J connectivity index is 2.69. The maximum Gasteiger partial charge on any atom is 0.387 e. The van der Waals surface area contributed by atoms with Crippen LogP contribution in [0.25, 0.3) is 11.3 Å². The molecular weight excluding hydrogens is 363 g/mol. The van der Waals surface area contributed by atoms with E-state index in [-0.39, 0.29) is 0 Å². The maximum absolute atomic E-state index is 14.1. The molecule has 24 heavy (non-hydrogen) atoms. The molecule has 0 saturated heterocycles. The first-order chi connectivity index (χ1) is 11.1.